The van der Waals surface area contributed by atoms with Crippen LogP contribution in [0.4, 0.5) is 36.2 Å². The Morgan fingerprint density at radius 3 is 1.98 bits per heavy atom. The van der Waals surface area contributed by atoms with Crippen LogP contribution in [0.2, 0.25) is 5.02 Å². The smallest absolute Gasteiger partial charge is 0.431 e. The number of morpholine rings is 2. The summed E-state index contributed by atoms with van der Waals surface area (Å²) in [5.41, 5.74) is 5.73. The predicted molar refractivity (Wildman–Crippen MR) is 159 cm³/mol. The van der Waals surface area contributed by atoms with Crippen molar-refractivity contribution >= 4 is 40.5 Å². The molecular formula is C29H29ClF3N7O4. The van der Waals surface area contributed by atoms with Crippen LogP contribution in [-0.2, 0) is 15.7 Å². The number of alkyl halides is 3. The summed E-state index contributed by atoms with van der Waals surface area (Å²) >= 11 is 6.02. The fraction of sp³-hybridized carbons (Fsp3) is 0.310. The van der Waals surface area contributed by atoms with E-state index in [-0.39, 0.29) is 16.3 Å². The van der Waals surface area contributed by atoms with Gasteiger partial charge in [0, 0.05) is 26.2 Å². The van der Waals surface area contributed by atoms with Crippen LogP contribution < -0.4 is 20.9 Å². The van der Waals surface area contributed by atoms with Crippen molar-refractivity contribution in [1.82, 2.24) is 15.0 Å². The van der Waals surface area contributed by atoms with E-state index in [1.807, 2.05) is 17.0 Å². The van der Waals surface area contributed by atoms with Gasteiger partial charge >= 0.3 is 6.18 Å². The Kier molecular flexibility index (Phi) is 9.82. The van der Waals surface area contributed by atoms with Crippen molar-refractivity contribution in [2.45, 2.75) is 6.18 Å². The number of aromatic nitrogens is 3. The Labute approximate surface area is 255 Å². The van der Waals surface area contributed by atoms with E-state index < -0.39 is 29.4 Å². The molecule has 11 nitrogen and oxygen atoms in total. The van der Waals surface area contributed by atoms with Crippen molar-refractivity contribution in [1.29, 1.82) is 0 Å². The van der Waals surface area contributed by atoms with E-state index in [1.165, 1.54) is 18.3 Å². The lowest BCUT2D eigenvalue weighted by Crippen LogP contribution is -2.36. The summed E-state index contributed by atoms with van der Waals surface area (Å²) in [5.74, 6) is -1.31. The molecule has 4 aromatic rings. The molecule has 1 amide bonds. The zero-order valence-electron chi connectivity index (χ0n) is 23.4. The summed E-state index contributed by atoms with van der Waals surface area (Å²) in [4.78, 5) is 29.1. The van der Waals surface area contributed by atoms with Gasteiger partial charge in [0.05, 0.1) is 60.8 Å². The molecule has 0 saturated carbocycles. The lowest BCUT2D eigenvalue weighted by molar-refractivity contribution is -0.153. The zero-order valence-corrected chi connectivity index (χ0v) is 24.1. The number of hydrogen-bond donors (Lipinski definition) is 2. The molecule has 0 radical (unpaired) electrons. The summed E-state index contributed by atoms with van der Waals surface area (Å²) in [6.07, 6.45) is -1.87. The van der Waals surface area contributed by atoms with Gasteiger partial charge in [-0.3, -0.25) is 4.79 Å². The number of oxazole rings is 1. The van der Waals surface area contributed by atoms with Crippen LogP contribution in [0.15, 0.2) is 65.3 Å². The number of carbonyl (C=O) groups excluding carboxylic acids is 1. The first-order valence-electron chi connectivity index (χ1n) is 13.7. The van der Waals surface area contributed by atoms with Gasteiger partial charge in [-0.25, -0.2) is 15.0 Å². The Morgan fingerprint density at radius 2 is 1.45 bits per heavy atom. The highest BCUT2D eigenvalue weighted by Gasteiger charge is 2.42. The standard InChI is InChI=1S/C20H16ClF3N4O3.C9H13N3O/c21-14-4-2-1-3-13(14)19-27-16(17(31-19)20(22,23)24)18(29)26-12-5-6-15(25-11-12)28-7-9-30-10-8-28;10-8-1-2-9(11-7-8)12-3-5-13-6-4-12/h1-6,11H,7-10H2,(H,26,29);1-2,7H,3-6,10H2. The number of halogens is 4. The maximum Gasteiger partial charge on any atom is 0.452 e. The van der Waals surface area contributed by atoms with Crippen molar-refractivity contribution in [3.05, 3.63) is 77.4 Å². The molecule has 232 valence electrons. The molecule has 2 aliphatic heterocycles. The Hall–Kier alpha value is -4.40. The minimum absolute atomic E-state index is 0.144. The minimum atomic E-state index is -4.92. The molecule has 1 aromatic carbocycles. The van der Waals surface area contributed by atoms with Crippen molar-refractivity contribution in [2.24, 2.45) is 0 Å². The average Bonchev–Trinajstić information content (AvgIpc) is 3.50. The van der Waals surface area contributed by atoms with Crippen LogP contribution in [0, 0.1) is 0 Å². The monoisotopic (exact) mass is 631 g/mol. The quantitative estimate of drug-likeness (QED) is 0.310. The predicted octanol–water partition coefficient (Wildman–Crippen LogP) is 5.00. The van der Waals surface area contributed by atoms with E-state index in [2.05, 4.69) is 25.2 Å². The maximum absolute atomic E-state index is 13.5. The normalized spacial score (nSPS) is 15.4. The third-order valence-corrected chi connectivity index (χ3v) is 6.98. The van der Waals surface area contributed by atoms with Gasteiger partial charge in [0.15, 0.2) is 5.69 Å². The third-order valence-electron chi connectivity index (χ3n) is 6.65. The minimum Gasteiger partial charge on any atom is -0.431 e. The highest BCUT2D eigenvalue weighted by Crippen LogP contribution is 2.37. The van der Waals surface area contributed by atoms with Crippen molar-refractivity contribution < 1.29 is 31.9 Å². The van der Waals surface area contributed by atoms with Crippen LogP contribution in [0.3, 0.4) is 0 Å². The van der Waals surface area contributed by atoms with Gasteiger partial charge in [-0.05, 0) is 36.4 Å². The average molecular weight is 632 g/mol. The van der Waals surface area contributed by atoms with Crippen LogP contribution in [-0.4, -0.2) is 73.5 Å². The summed E-state index contributed by atoms with van der Waals surface area (Å²) < 4.78 is 55.8. The molecule has 3 aromatic heterocycles. The molecule has 0 atom stereocenters. The van der Waals surface area contributed by atoms with E-state index in [0.717, 1.165) is 32.1 Å². The van der Waals surface area contributed by atoms with E-state index in [1.54, 1.807) is 30.5 Å². The first kappa shape index (κ1) is 31.0. The van der Waals surface area contributed by atoms with Gasteiger partial charge in [0.2, 0.25) is 11.7 Å². The summed E-state index contributed by atoms with van der Waals surface area (Å²) in [7, 11) is 0. The number of nitrogens with zero attached hydrogens (tertiary/aromatic N) is 5. The topological polar surface area (TPSA) is 132 Å². The number of nitrogens with one attached hydrogen (secondary N) is 1. The van der Waals surface area contributed by atoms with Gasteiger partial charge in [-0.1, -0.05) is 23.7 Å². The number of nitrogens with two attached hydrogens (primary N) is 1. The molecule has 0 aliphatic carbocycles. The number of carbonyl (C=O) groups is 1. The molecule has 0 bridgehead atoms. The van der Waals surface area contributed by atoms with Crippen LogP contribution in [0.1, 0.15) is 16.2 Å². The van der Waals surface area contributed by atoms with Gasteiger partial charge in [-0.2, -0.15) is 13.2 Å². The second-order valence-corrected chi connectivity index (χ2v) is 10.1. The van der Waals surface area contributed by atoms with Crippen molar-refractivity contribution in [3.63, 3.8) is 0 Å². The second-order valence-electron chi connectivity index (χ2n) is 9.68. The highest BCUT2D eigenvalue weighted by molar-refractivity contribution is 6.33. The molecule has 5 heterocycles. The number of anilines is 4. The van der Waals surface area contributed by atoms with Gasteiger partial charge in [0.1, 0.15) is 11.6 Å². The summed E-state index contributed by atoms with van der Waals surface area (Å²) in [6, 6.07) is 13.2. The lowest BCUT2D eigenvalue weighted by atomic mass is 10.2. The molecule has 15 heteroatoms. The SMILES string of the molecule is Nc1ccc(N2CCOCC2)nc1.O=C(Nc1ccc(N2CCOCC2)nc1)c1nc(-c2ccccc2Cl)oc1C(F)(F)F. The largest absolute Gasteiger partial charge is 0.452 e. The number of nitrogen functional groups attached to an aromatic ring is 1. The van der Waals surface area contributed by atoms with Crippen molar-refractivity contribution in [2.75, 3.05) is 73.5 Å². The fourth-order valence-electron chi connectivity index (χ4n) is 4.42. The molecule has 44 heavy (non-hydrogen) atoms. The molecule has 2 aliphatic rings. The van der Waals surface area contributed by atoms with E-state index in [4.69, 9.17) is 31.2 Å². The van der Waals surface area contributed by atoms with Gasteiger partial charge in [0.25, 0.3) is 5.91 Å². The van der Waals surface area contributed by atoms with Crippen LogP contribution >= 0.6 is 11.6 Å². The first-order chi connectivity index (χ1) is 21.2. The molecule has 2 saturated heterocycles. The van der Waals surface area contributed by atoms with E-state index in [0.29, 0.717) is 37.8 Å². The highest BCUT2D eigenvalue weighted by atomic mass is 35.5. The number of pyridine rings is 2. The van der Waals surface area contributed by atoms with Crippen LogP contribution in [0.25, 0.3) is 11.5 Å². The number of ether oxygens (including phenoxy) is 2. The van der Waals surface area contributed by atoms with Gasteiger partial charge < -0.3 is 34.7 Å². The molecular weight excluding hydrogens is 603 g/mol. The number of benzene rings is 1. The fourth-order valence-corrected chi connectivity index (χ4v) is 4.64. The third kappa shape index (κ3) is 7.75. The number of rotatable bonds is 5. The van der Waals surface area contributed by atoms with E-state index >= 15 is 0 Å². The Morgan fingerprint density at radius 1 is 0.864 bits per heavy atom. The molecule has 3 N–H and O–H groups in total. The molecule has 6 rings (SSSR count). The van der Waals surface area contributed by atoms with E-state index in [9.17, 15) is 18.0 Å². The van der Waals surface area contributed by atoms with Crippen LogP contribution in [0.5, 0.6) is 0 Å². The second kappa shape index (κ2) is 13.9. The summed E-state index contributed by atoms with van der Waals surface area (Å²) in [6.45, 7) is 5.92. The van der Waals surface area contributed by atoms with Gasteiger partial charge in [-0.15, -0.1) is 0 Å². The number of hydrogen-bond acceptors (Lipinski definition) is 10. The first-order valence-corrected chi connectivity index (χ1v) is 14.0. The Balaban J connectivity index is 0.000000245. The maximum atomic E-state index is 13.5. The molecule has 0 unspecified atom stereocenters. The van der Waals surface area contributed by atoms with Crippen molar-refractivity contribution in [3.8, 4) is 11.5 Å². The number of amides is 1. The summed E-state index contributed by atoms with van der Waals surface area (Å²) in [5, 5.41) is 2.53. The molecule has 0 spiro atoms. The zero-order chi connectivity index (χ0) is 31.1. The molecule has 2 fully saturated rings. The lowest BCUT2D eigenvalue weighted by Gasteiger charge is -2.27. The Bertz CT molecular complexity index is 1540.